The van der Waals surface area contributed by atoms with Gasteiger partial charge in [0.15, 0.2) is 0 Å². The van der Waals surface area contributed by atoms with E-state index in [4.69, 9.17) is 9.47 Å². The second kappa shape index (κ2) is 6.38. The van der Waals surface area contributed by atoms with E-state index < -0.39 is 5.97 Å². The number of Topliss-reactive ketones (excluding diaryl/α,β-unsaturated/α-hetero) is 1. The van der Waals surface area contributed by atoms with E-state index in [-0.39, 0.29) is 18.0 Å². The van der Waals surface area contributed by atoms with Crippen molar-refractivity contribution in [1.29, 1.82) is 0 Å². The van der Waals surface area contributed by atoms with E-state index >= 15 is 0 Å². The van der Waals surface area contributed by atoms with Gasteiger partial charge in [0, 0.05) is 15.6 Å². The summed E-state index contributed by atoms with van der Waals surface area (Å²) >= 11 is 3.33. The number of benzene rings is 2. The molecule has 23 heavy (non-hydrogen) atoms. The number of ether oxygens (including phenoxy) is 2. The van der Waals surface area contributed by atoms with Crippen molar-refractivity contribution >= 4 is 33.3 Å². The van der Waals surface area contributed by atoms with Crippen molar-refractivity contribution in [1.82, 2.24) is 0 Å². The number of carbonyl (C=O) groups excluding carboxylic acids is 2. The third kappa shape index (κ3) is 3.05. The first-order valence-electron chi connectivity index (χ1n) is 6.95. The molecule has 1 aliphatic rings. The summed E-state index contributed by atoms with van der Waals surface area (Å²) in [5, 5.41) is 0. The van der Waals surface area contributed by atoms with Crippen LogP contribution in [0.25, 0.3) is 5.57 Å². The average Bonchev–Trinajstić information content (AvgIpc) is 2.96. The van der Waals surface area contributed by atoms with Crippen LogP contribution in [0.5, 0.6) is 5.75 Å². The van der Waals surface area contributed by atoms with Crippen molar-refractivity contribution in [3.8, 4) is 5.75 Å². The molecule has 2 aromatic rings. The van der Waals surface area contributed by atoms with Crippen LogP contribution in [-0.4, -0.2) is 25.5 Å². The van der Waals surface area contributed by atoms with Gasteiger partial charge in [0.05, 0.1) is 7.11 Å². The molecule has 0 fully saturated rings. The summed E-state index contributed by atoms with van der Waals surface area (Å²) in [7, 11) is 1.57. The van der Waals surface area contributed by atoms with Crippen LogP contribution in [-0.2, 0) is 9.53 Å². The number of carbonyl (C=O) groups is 2. The molecular weight excluding hydrogens is 360 g/mol. The van der Waals surface area contributed by atoms with Crippen molar-refractivity contribution < 1.29 is 19.1 Å². The van der Waals surface area contributed by atoms with Crippen LogP contribution in [0.4, 0.5) is 0 Å². The molecule has 4 nitrogen and oxygen atoms in total. The minimum absolute atomic E-state index is 0.0839. The summed E-state index contributed by atoms with van der Waals surface area (Å²) in [4.78, 5) is 24.8. The first kappa shape index (κ1) is 15.5. The molecule has 5 heteroatoms. The zero-order valence-electron chi connectivity index (χ0n) is 12.3. The van der Waals surface area contributed by atoms with Crippen molar-refractivity contribution in [2.75, 3.05) is 13.7 Å². The predicted octanol–water partition coefficient (Wildman–Crippen LogP) is 3.65. The van der Waals surface area contributed by atoms with Gasteiger partial charge in [-0.05, 0) is 42.0 Å². The summed E-state index contributed by atoms with van der Waals surface area (Å²) in [5.74, 6) is -0.265. The maximum Gasteiger partial charge on any atom is 0.342 e. The fraction of sp³-hybridized carbons (Fsp3) is 0.111. The van der Waals surface area contributed by atoms with Crippen molar-refractivity contribution in [3.63, 3.8) is 0 Å². The zero-order valence-corrected chi connectivity index (χ0v) is 13.9. The molecule has 0 saturated carbocycles. The molecule has 0 amide bonds. The lowest BCUT2D eigenvalue weighted by molar-refractivity contribution is -0.135. The van der Waals surface area contributed by atoms with Gasteiger partial charge < -0.3 is 9.47 Å². The second-order valence-corrected chi connectivity index (χ2v) is 5.91. The molecule has 0 radical (unpaired) electrons. The quantitative estimate of drug-likeness (QED) is 0.467. The summed E-state index contributed by atoms with van der Waals surface area (Å²) in [6, 6.07) is 14.1. The van der Waals surface area contributed by atoms with Gasteiger partial charge in [-0.3, -0.25) is 4.79 Å². The Morgan fingerprint density at radius 2 is 1.91 bits per heavy atom. The van der Waals surface area contributed by atoms with Crippen molar-refractivity contribution in [2.45, 2.75) is 0 Å². The van der Waals surface area contributed by atoms with Gasteiger partial charge in [-0.2, -0.15) is 0 Å². The number of esters is 1. The molecule has 0 unspecified atom stereocenters. The molecular formula is C18H13BrO4. The summed E-state index contributed by atoms with van der Waals surface area (Å²) in [5.41, 5.74) is 1.86. The largest absolute Gasteiger partial charge is 0.497 e. The van der Waals surface area contributed by atoms with E-state index in [1.165, 1.54) is 0 Å². The van der Waals surface area contributed by atoms with E-state index in [0.717, 1.165) is 10.0 Å². The zero-order chi connectivity index (χ0) is 16.4. The van der Waals surface area contributed by atoms with Gasteiger partial charge in [-0.15, -0.1) is 0 Å². The van der Waals surface area contributed by atoms with E-state index in [2.05, 4.69) is 15.9 Å². The van der Waals surface area contributed by atoms with Crippen LogP contribution in [0, 0.1) is 0 Å². The Balaban J connectivity index is 2.06. The van der Waals surface area contributed by atoms with E-state index in [1.807, 2.05) is 12.1 Å². The number of ketones is 1. The lowest BCUT2D eigenvalue weighted by Gasteiger charge is -2.06. The normalized spacial score (nSPS) is 13.9. The smallest absolute Gasteiger partial charge is 0.342 e. The summed E-state index contributed by atoms with van der Waals surface area (Å²) in [6.07, 6.45) is 0. The van der Waals surface area contributed by atoms with Crippen molar-refractivity contribution in [3.05, 3.63) is 69.7 Å². The molecule has 0 spiro atoms. The van der Waals surface area contributed by atoms with Gasteiger partial charge in [0.25, 0.3) is 0 Å². The monoisotopic (exact) mass is 372 g/mol. The molecule has 0 N–H and O–H groups in total. The topological polar surface area (TPSA) is 52.6 Å². The molecule has 3 rings (SSSR count). The van der Waals surface area contributed by atoms with E-state index in [1.54, 1.807) is 43.5 Å². The fourth-order valence-corrected chi connectivity index (χ4v) is 2.68. The number of rotatable bonds is 4. The Bertz CT molecular complexity index is 806. The minimum Gasteiger partial charge on any atom is -0.497 e. The second-order valence-electron chi connectivity index (χ2n) is 5.00. The third-order valence-electron chi connectivity index (χ3n) is 3.61. The lowest BCUT2D eigenvalue weighted by atomic mass is 9.96. The van der Waals surface area contributed by atoms with E-state index in [0.29, 0.717) is 16.9 Å². The van der Waals surface area contributed by atoms with Crippen molar-refractivity contribution in [2.24, 2.45) is 0 Å². The third-order valence-corrected chi connectivity index (χ3v) is 4.13. The van der Waals surface area contributed by atoms with Gasteiger partial charge in [-0.25, -0.2) is 4.79 Å². The number of cyclic esters (lactones) is 1. The highest BCUT2D eigenvalue weighted by molar-refractivity contribution is 9.10. The highest BCUT2D eigenvalue weighted by atomic mass is 79.9. The molecule has 1 aliphatic heterocycles. The maximum absolute atomic E-state index is 12.7. The van der Waals surface area contributed by atoms with Gasteiger partial charge in [-0.1, -0.05) is 28.1 Å². The molecule has 116 valence electrons. The van der Waals surface area contributed by atoms with Crippen LogP contribution in [0.1, 0.15) is 15.9 Å². The minimum atomic E-state index is -0.587. The molecule has 0 aliphatic carbocycles. The molecule has 0 aromatic heterocycles. The Kier molecular flexibility index (Phi) is 4.30. The summed E-state index contributed by atoms with van der Waals surface area (Å²) < 4.78 is 11.2. The van der Waals surface area contributed by atoms with Gasteiger partial charge in [0.2, 0.25) is 5.78 Å². The molecule has 1 heterocycles. The number of halogens is 1. The van der Waals surface area contributed by atoms with E-state index in [9.17, 15) is 9.59 Å². The number of hydrogen-bond donors (Lipinski definition) is 0. The number of hydrogen-bond acceptors (Lipinski definition) is 4. The highest BCUT2D eigenvalue weighted by Crippen LogP contribution is 2.30. The van der Waals surface area contributed by atoms with Crippen LogP contribution < -0.4 is 4.74 Å². The Labute approximate surface area is 141 Å². The molecule has 0 saturated heterocycles. The van der Waals surface area contributed by atoms with Crippen LogP contribution in [0.15, 0.2) is 58.6 Å². The molecule has 0 bridgehead atoms. The van der Waals surface area contributed by atoms with Gasteiger partial charge >= 0.3 is 5.97 Å². The molecule has 0 atom stereocenters. The van der Waals surface area contributed by atoms with Crippen LogP contribution >= 0.6 is 15.9 Å². The Hall–Kier alpha value is -2.40. The first-order valence-corrected chi connectivity index (χ1v) is 7.74. The fourth-order valence-electron chi connectivity index (χ4n) is 2.42. The highest BCUT2D eigenvalue weighted by Gasteiger charge is 2.32. The Morgan fingerprint density at radius 1 is 1.17 bits per heavy atom. The van der Waals surface area contributed by atoms with Gasteiger partial charge in [0.1, 0.15) is 17.9 Å². The first-order chi connectivity index (χ1) is 11.1. The Morgan fingerprint density at radius 3 is 2.61 bits per heavy atom. The maximum atomic E-state index is 12.7. The standard InChI is InChI=1S/C18H13BrO4/c1-22-14-4-2-3-12(9-14)15-10-23-18(21)16(15)17(20)11-5-7-13(19)8-6-11/h2-9H,10H2,1H3. The summed E-state index contributed by atoms with van der Waals surface area (Å²) in [6.45, 7) is 0.0869. The molecule has 2 aromatic carbocycles. The lowest BCUT2D eigenvalue weighted by Crippen LogP contribution is -2.11. The number of methoxy groups -OCH3 is 1. The van der Waals surface area contributed by atoms with Crippen LogP contribution in [0.2, 0.25) is 0 Å². The SMILES string of the molecule is COc1cccc(C2=C(C(=O)c3ccc(Br)cc3)C(=O)OC2)c1. The predicted molar refractivity (Wildman–Crippen MR) is 89.3 cm³/mol. The van der Waals surface area contributed by atoms with Crippen LogP contribution in [0.3, 0.4) is 0 Å². The average molecular weight is 373 g/mol.